The van der Waals surface area contributed by atoms with Crippen molar-refractivity contribution in [3.63, 3.8) is 0 Å². The van der Waals surface area contributed by atoms with Crippen molar-refractivity contribution in [1.82, 2.24) is 15.1 Å². The molecule has 0 aromatic rings. The molecule has 2 rings (SSSR count). The second-order valence-electron chi connectivity index (χ2n) is 8.46. The Hall–Kier alpha value is -0.620. The minimum Gasteiger partial charge on any atom is -0.369 e. The van der Waals surface area contributed by atoms with E-state index in [0.717, 1.165) is 64.4 Å². The normalized spacial score (nSPS) is 22.7. The largest absolute Gasteiger partial charge is 0.369 e. The maximum atomic E-state index is 12.2. The van der Waals surface area contributed by atoms with E-state index in [0.29, 0.717) is 13.1 Å². The first-order chi connectivity index (χ1) is 13.2. The second-order valence-corrected chi connectivity index (χ2v) is 11.2. The van der Waals surface area contributed by atoms with Gasteiger partial charge in [0.1, 0.15) is 0 Å². The van der Waals surface area contributed by atoms with E-state index in [1.54, 1.807) is 13.8 Å². The van der Waals surface area contributed by atoms with Gasteiger partial charge in [0, 0.05) is 32.1 Å². The van der Waals surface area contributed by atoms with Crippen LogP contribution in [-0.4, -0.2) is 86.4 Å². The molecule has 0 aromatic heterocycles. The summed E-state index contributed by atoms with van der Waals surface area (Å²) in [5.41, 5.74) is 5.38. The van der Waals surface area contributed by atoms with Crippen molar-refractivity contribution in [3.05, 3.63) is 0 Å². The predicted octanol–water partition coefficient (Wildman–Crippen LogP) is 1.06. The van der Waals surface area contributed by atoms with Crippen molar-refractivity contribution in [1.29, 1.82) is 0 Å². The molecule has 2 saturated heterocycles. The summed E-state index contributed by atoms with van der Waals surface area (Å²) in [5.74, 6) is 0.860. The van der Waals surface area contributed by atoms with Crippen LogP contribution in [0.2, 0.25) is 0 Å². The number of aliphatic imine (C=N–C) groups is 1. The van der Waals surface area contributed by atoms with Gasteiger partial charge in [0.05, 0.1) is 10.5 Å². The summed E-state index contributed by atoms with van der Waals surface area (Å²) < 4.78 is 23.7. The molecule has 2 aliphatic heterocycles. The van der Waals surface area contributed by atoms with Crippen molar-refractivity contribution in [2.45, 2.75) is 51.2 Å². The maximum Gasteiger partial charge on any atom is 0.220 e. The third kappa shape index (κ3) is 7.54. The fourth-order valence-electron chi connectivity index (χ4n) is 3.82. The number of unbranched alkanes of at least 4 members (excludes halogenated alkanes) is 1. The van der Waals surface area contributed by atoms with Crippen molar-refractivity contribution in [3.8, 4) is 0 Å². The monoisotopic (exact) mass is 543 g/mol. The number of rotatable bonds is 7. The molecule has 0 unspecified atom stereocenters. The van der Waals surface area contributed by atoms with Crippen molar-refractivity contribution in [2.24, 2.45) is 16.6 Å². The zero-order chi connectivity index (χ0) is 20.8. The molecule has 3 N–H and O–H groups in total. The molecule has 10 heteroatoms. The van der Waals surface area contributed by atoms with E-state index in [1.165, 1.54) is 0 Å². The quantitative estimate of drug-likeness (QED) is 0.215. The summed E-state index contributed by atoms with van der Waals surface area (Å²) in [6.45, 7) is 11.0. The number of piperidine rings is 1. The molecule has 2 fully saturated rings. The molecule has 0 radical (unpaired) electrons. The molecule has 2 aliphatic rings. The van der Waals surface area contributed by atoms with Crippen LogP contribution in [0.25, 0.3) is 0 Å². The highest BCUT2D eigenvalue weighted by molar-refractivity contribution is 14.0. The van der Waals surface area contributed by atoms with Gasteiger partial charge in [0.25, 0.3) is 0 Å². The van der Waals surface area contributed by atoms with Gasteiger partial charge in [0.2, 0.25) is 5.91 Å². The smallest absolute Gasteiger partial charge is 0.220 e. The van der Waals surface area contributed by atoms with Gasteiger partial charge in [-0.15, -0.1) is 24.0 Å². The lowest BCUT2D eigenvalue weighted by atomic mass is 9.96. The highest BCUT2D eigenvalue weighted by Gasteiger charge is 2.40. The molecule has 0 aromatic carbocycles. The summed E-state index contributed by atoms with van der Waals surface area (Å²) in [5, 5.41) is 3.30. The van der Waals surface area contributed by atoms with Gasteiger partial charge in [-0.05, 0) is 66.1 Å². The van der Waals surface area contributed by atoms with Crippen LogP contribution in [0.15, 0.2) is 4.99 Å². The molecule has 0 bridgehead atoms. The Kier molecular flexibility index (Phi) is 10.6. The predicted molar refractivity (Wildman–Crippen MR) is 128 cm³/mol. The van der Waals surface area contributed by atoms with Gasteiger partial charge in [-0.1, -0.05) is 0 Å². The molecule has 2 heterocycles. The van der Waals surface area contributed by atoms with E-state index in [9.17, 15) is 13.2 Å². The van der Waals surface area contributed by atoms with Crippen LogP contribution in [0, 0.1) is 5.92 Å². The average Bonchev–Trinajstić information content (AvgIpc) is 2.63. The van der Waals surface area contributed by atoms with E-state index in [4.69, 9.17) is 10.7 Å². The first-order valence-corrected chi connectivity index (χ1v) is 12.1. The van der Waals surface area contributed by atoms with Gasteiger partial charge in [-0.3, -0.25) is 9.79 Å². The van der Waals surface area contributed by atoms with Crippen LogP contribution in [0.1, 0.15) is 46.5 Å². The number of primary amides is 1. The molecule has 0 atom stereocenters. The highest BCUT2D eigenvalue weighted by Crippen LogP contribution is 2.23. The molecule has 1 amide bonds. The van der Waals surface area contributed by atoms with Gasteiger partial charge in [-0.2, -0.15) is 0 Å². The number of guanidine groups is 1. The number of halogens is 1. The van der Waals surface area contributed by atoms with Gasteiger partial charge in [-0.25, -0.2) is 8.42 Å². The van der Waals surface area contributed by atoms with Crippen molar-refractivity contribution in [2.75, 3.05) is 51.6 Å². The van der Waals surface area contributed by atoms with Crippen LogP contribution in [0.4, 0.5) is 0 Å². The topological polar surface area (TPSA) is 108 Å². The standard InChI is InChI=1S/C19H37N5O3S.HI/c1-4-21-18(24-13-14-28(26,27)19(2,3)15-24)22-9-5-6-10-23-11-7-16(8-12-23)17(20)25;/h16H,4-15H2,1-3H3,(H2,20,25)(H,21,22);1H. The number of carbonyl (C=O) groups is 1. The van der Waals surface area contributed by atoms with Crippen LogP contribution < -0.4 is 11.1 Å². The number of nitrogens with two attached hydrogens (primary N) is 1. The molecular formula is C19H38IN5O3S. The number of amides is 1. The molecule has 0 saturated carbocycles. The Bertz CT molecular complexity index is 661. The third-order valence-corrected chi connectivity index (χ3v) is 8.34. The van der Waals surface area contributed by atoms with Gasteiger partial charge < -0.3 is 20.9 Å². The summed E-state index contributed by atoms with van der Waals surface area (Å²) in [6.07, 6.45) is 3.78. The number of carbonyl (C=O) groups excluding carboxylic acids is 1. The fraction of sp³-hybridized carbons (Fsp3) is 0.895. The number of nitrogens with zero attached hydrogens (tertiary/aromatic N) is 3. The summed E-state index contributed by atoms with van der Waals surface area (Å²) in [7, 11) is -3.05. The average molecular weight is 544 g/mol. The van der Waals surface area contributed by atoms with E-state index in [1.807, 2.05) is 6.92 Å². The van der Waals surface area contributed by atoms with E-state index < -0.39 is 14.6 Å². The highest BCUT2D eigenvalue weighted by atomic mass is 127. The first-order valence-electron chi connectivity index (χ1n) is 10.4. The summed E-state index contributed by atoms with van der Waals surface area (Å²) in [6, 6.07) is 0. The zero-order valence-electron chi connectivity index (χ0n) is 18.0. The fourth-order valence-corrected chi connectivity index (χ4v) is 5.19. The molecule has 170 valence electrons. The molecular weight excluding hydrogens is 505 g/mol. The Morgan fingerprint density at radius 2 is 1.86 bits per heavy atom. The number of nitrogens with one attached hydrogen (secondary N) is 1. The second kappa shape index (κ2) is 11.7. The minimum absolute atomic E-state index is 0. The molecule has 29 heavy (non-hydrogen) atoms. The Balaban J connectivity index is 0.00000420. The number of hydrogen-bond acceptors (Lipinski definition) is 5. The third-order valence-electron chi connectivity index (χ3n) is 5.81. The number of sulfone groups is 1. The molecule has 0 spiro atoms. The van der Waals surface area contributed by atoms with Crippen molar-refractivity contribution < 1.29 is 13.2 Å². The van der Waals surface area contributed by atoms with Gasteiger partial charge in [0.15, 0.2) is 15.8 Å². The summed E-state index contributed by atoms with van der Waals surface area (Å²) >= 11 is 0. The molecule has 0 aliphatic carbocycles. The number of hydrogen-bond donors (Lipinski definition) is 2. The van der Waals surface area contributed by atoms with Crippen LogP contribution in [-0.2, 0) is 14.6 Å². The minimum atomic E-state index is -3.05. The van der Waals surface area contributed by atoms with E-state index in [-0.39, 0.29) is 41.6 Å². The van der Waals surface area contributed by atoms with Crippen LogP contribution in [0.5, 0.6) is 0 Å². The first kappa shape index (κ1) is 26.4. The van der Waals surface area contributed by atoms with Crippen molar-refractivity contribution >= 4 is 45.7 Å². The summed E-state index contributed by atoms with van der Waals surface area (Å²) in [4.78, 5) is 20.4. The lowest BCUT2D eigenvalue weighted by Gasteiger charge is -2.39. The van der Waals surface area contributed by atoms with Crippen LogP contribution >= 0.6 is 24.0 Å². The lowest BCUT2D eigenvalue weighted by Crippen LogP contribution is -2.57. The van der Waals surface area contributed by atoms with Gasteiger partial charge >= 0.3 is 0 Å². The lowest BCUT2D eigenvalue weighted by molar-refractivity contribution is -0.123. The van der Waals surface area contributed by atoms with Crippen LogP contribution in [0.3, 0.4) is 0 Å². The maximum absolute atomic E-state index is 12.2. The van der Waals surface area contributed by atoms with E-state index in [2.05, 4.69) is 15.1 Å². The Labute approximate surface area is 193 Å². The Morgan fingerprint density at radius 3 is 2.41 bits per heavy atom. The Morgan fingerprint density at radius 1 is 1.21 bits per heavy atom. The van der Waals surface area contributed by atoms with E-state index >= 15 is 0 Å². The zero-order valence-corrected chi connectivity index (χ0v) is 21.2. The SMILES string of the molecule is CCNC(=NCCCCN1CCC(C(N)=O)CC1)N1CCS(=O)(=O)C(C)(C)C1.I. The number of likely N-dealkylation sites (tertiary alicyclic amines) is 1. The molecule has 8 nitrogen and oxygen atoms in total.